The van der Waals surface area contributed by atoms with Crippen LogP contribution in [0.3, 0.4) is 0 Å². The topological polar surface area (TPSA) is 84.3 Å². The maximum atomic E-state index is 11.6. The van der Waals surface area contributed by atoms with Gasteiger partial charge in [-0.05, 0) is 19.0 Å². The molecule has 6 heteroatoms. The molecule has 19 heavy (non-hydrogen) atoms. The zero-order chi connectivity index (χ0) is 14.3. The number of carbonyl (C=O) groups is 1. The lowest BCUT2D eigenvalue weighted by molar-refractivity contribution is -0.384. The third-order valence-electron chi connectivity index (χ3n) is 2.68. The average molecular weight is 265 g/mol. The maximum absolute atomic E-state index is 11.6. The van der Waals surface area contributed by atoms with Crippen LogP contribution in [0.15, 0.2) is 24.3 Å². The van der Waals surface area contributed by atoms with Crippen molar-refractivity contribution in [1.82, 2.24) is 10.6 Å². The molecular weight excluding hydrogens is 246 g/mol. The van der Waals surface area contributed by atoms with Gasteiger partial charge in [0.25, 0.3) is 5.69 Å². The SMILES string of the molecule is CCNC(C)CC(=O)NCc1ccc([N+](=O)[O-])cc1. The van der Waals surface area contributed by atoms with Gasteiger partial charge in [-0.1, -0.05) is 19.1 Å². The highest BCUT2D eigenvalue weighted by molar-refractivity contribution is 5.76. The summed E-state index contributed by atoms with van der Waals surface area (Å²) in [5, 5.41) is 16.4. The minimum Gasteiger partial charge on any atom is -0.352 e. The molecule has 0 aliphatic carbocycles. The predicted octanol–water partition coefficient (Wildman–Crippen LogP) is 1.60. The van der Waals surface area contributed by atoms with Gasteiger partial charge < -0.3 is 10.6 Å². The van der Waals surface area contributed by atoms with Crippen molar-refractivity contribution in [2.24, 2.45) is 0 Å². The second-order valence-corrected chi connectivity index (χ2v) is 4.36. The highest BCUT2D eigenvalue weighted by Gasteiger charge is 2.08. The molecule has 1 rings (SSSR count). The number of hydrogen-bond donors (Lipinski definition) is 2. The minimum absolute atomic E-state index is 0.0354. The van der Waals surface area contributed by atoms with Crippen LogP contribution in [-0.2, 0) is 11.3 Å². The maximum Gasteiger partial charge on any atom is 0.269 e. The van der Waals surface area contributed by atoms with Crippen LogP contribution < -0.4 is 10.6 Å². The number of nitrogens with zero attached hydrogens (tertiary/aromatic N) is 1. The summed E-state index contributed by atoms with van der Waals surface area (Å²) in [5.41, 5.74) is 0.894. The molecule has 0 bridgehead atoms. The normalized spacial score (nSPS) is 11.9. The fraction of sp³-hybridized carbons (Fsp3) is 0.462. The minimum atomic E-state index is -0.444. The van der Waals surface area contributed by atoms with E-state index in [0.29, 0.717) is 13.0 Å². The standard InChI is InChI=1S/C13H19N3O3/c1-3-14-10(2)8-13(17)15-9-11-4-6-12(7-5-11)16(18)19/h4-7,10,14H,3,8-9H2,1-2H3,(H,15,17). The molecule has 0 fully saturated rings. The summed E-state index contributed by atoms with van der Waals surface area (Å²) < 4.78 is 0. The van der Waals surface area contributed by atoms with Crippen molar-refractivity contribution in [3.8, 4) is 0 Å². The van der Waals surface area contributed by atoms with E-state index in [9.17, 15) is 14.9 Å². The van der Waals surface area contributed by atoms with Crippen molar-refractivity contribution in [1.29, 1.82) is 0 Å². The summed E-state index contributed by atoms with van der Waals surface area (Å²) >= 11 is 0. The summed E-state index contributed by atoms with van der Waals surface area (Å²) in [6.45, 7) is 5.16. The highest BCUT2D eigenvalue weighted by Crippen LogP contribution is 2.11. The van der Waals surface area contributed by atoms with Crippen LogP contribution in [0.4, 0.5) is 5.69 Å². The Morgan fingerprint density at radius 1 is 1.37 bits per heavy atom. The quantitative estimate of drug-likeness (QED) is 0.579. The van der Waals surface area contributed by atoms with Crippen molar-refractivity contribution in [2.75, 3.05) is 6.54 Å². The Morgan fingerprint density at radius 2 is 2.00 bits per heavy atom. The van der Waals surface area contributed by atoms with Crippen LogP contribution in [-0.4, -0.2) is 23.4 Å². The number of nitro groups is 1. The van der Waals surface area contributed by atoms with Gasteiger partial charge in [0.1, 0.15) is 0 Å². The van der Waals surface area contributed by atoms with Crippen molar-refractivity contribution in [2.45, 2.75) is 32.9 Å². The van der Waals surface area contributed by atoms with E-state index in [2.05, 4.69) is 10.6 Å². The van der Waals surface area contributed by atoms with Gasteiger partial charge in [-0.3, -0.25) is 14.9 Å². The van der Waals surface area contributed by atoms with Gasteiger partial charge in [0, 0.05) is 31.1 Å². The summed E-state index contributed by atoms with van der Waals surface area (Å²) in [6, 6.07) is 6.30. The Bertz CT molecular complexity index is 431. The Kier molecular flexibility index (Phi) is 5.95. The largest absolute Gasteiger partial charge is 0.352 e. The Balaban J connectivity index is 2.39. The van der Waals surface area contributed by atoms with Crippen LogP contribution in [0, 0.1) is 10.1 Å². The van der Waals surface area contributed by atoms with Gasteiger partial charge in [0.05, 0.1) is 4.92 Å². The first-order valence-corrected chi connectivity index (χ1v) is 6.26. The van der Waals surface area contributed by atoms with Gasteiger partial charge in [0.2, 0.25) is 5.91 Å². The van der Waals surface area contributed by atoms with Crippen molar-refractivity contribution >= 4 is 11.6 Å². The summed E-state index contributed by atoms with van der Waals surface area (Å²) in [5.74, 6) is -0.0354. The molecule has 1 aromatic carbocycles. The van der Waals surface area contributed by atoms with E-state index in [1.165, 1.54) is 12.1 Å². The van der Waals surface area contributed by atoms with E-state index in [4.69, 9.17) is 0 Å². The lowest BCUT2D eigenvalue weighted by Crippen LogP contribution is -2.33. The summed E-state index contributed by atoms with van der Waals surface area (Å²) in [4.78, 5) is 21.7. The number of nitrogens with one attached hydrogen (secondary N) is 2. The molecule has 2 N–H and O–H groups in total. The molecule has 0 radical (unpaired) electrons. The number of hydrogen-bond acceptors (Lipinski definition) is 4. The zero-order valence-electron chi connectivity index (χ0n) is 11.2. The molecule has 0 aliphatic rings. The molecule has 0 spiro atoms. The van der Waals surface area contributed by atoms with E-state index >= 15 is 0 Å². The molecule has 104 valence electrons. The number of carbonyl (C=O) groups excluding carboxylic acids is 1. The number of nitro benzene ring substituents is 1. The van der Waals surface area contributed by atoms with Crippen LogP contribution in [0.1, 0.15) is 25.8 Å². The van der Waals surface area contributed by atoms with Gasteiger partial charge >= 0.3 is 0 Å². The monoisotopic (exact) mass is 265 g/mol. The molecule has 1 atom stereocenters. The third-order valence-corrected chi connectivity index (χ3v) is 2.68. The lowest BCUT2D eigenvalue weighted by Gasteiger charge is -2.12. The van der Waals surface area contributed by atoms with Crippen LogP contribution in [0.2, 0.25) is 0 Å². The average Bonchev–Trinajstić information content (AvgIpc) is 2.37. The first-order valence-electron chi connectivity index (χ1n) is 6.26. The first-order chi connectivity index (χ1) is 9.02. The first kappa shape index (κ1) is 15.1. The Morgan fingerprint density at radius 3 is 2.53 bits per heavy atom. The smallest absolute Gasteiger partial charge is 0.269 e. The second kappa shape index (κ2) is 7.48. The number of benzene rings is 1. The van der Waals surface area contributed by atoms with Crippen LogP contribution in [0.25, 0.3) is 0 Å². The summed E-state index contributed by atoms with van der Waals surface area (Å²) in [7, 11) is 0. The third kappa shape index (κ3) is 5.48. The fourth-order valence-electron chi connectivity index (χ4n) is 1.71. The van der Waals surface area contributed by atoms with Crippen LogP contribution in [0.5, 0.6) is 0 Å². The van der Waals surface area contributed by atoms with Crippen molar-refractivity contribution in [3.05, 3.63) is 39.9 Å². The van der Waals surface area contributed by atoms with Crippen molar-refractivity contribution in [3.63, 3.8) is 0 Å². The molecule has 1 amide bonds. The van der Waals surface area contributed by atoms with E-state index in [1.54, 1.807) is 12.1 Å². The Hall–Kier alpha value is -1.95. The molecule has 1 unspecified atom stereocenters. The van der Waals surface area contributed by atoms with E-state index in [-0.39, 0.29) is 17.6 Å². The van der Waals surface area contributed by atoms with Gasteiger partial charge in [-0.25, -0.2) is 0 Å². The van der Waals surface area contributed by atoms with Gasteiger partial charge in [0.15, 0.2) is 0 Å². The summed E-state index contributed by atoms with van der Waals surface area (Å²) in [6.07, 6.45) is 0.417. The zero-order valence-corrected chi connectivity index (χ0v) is 11.2. The predicted molar refractivity (Wildman–Crippen MR) is 72.7 cm³/mol. The molecular formula is C13H19N3O3. The lowest BCUT2D eigenvalue weighted by atomic mass is 10.2. The molecule has 0 heterocycles. The Labute approximate surface area is 112 Å². The fourth-order valence-corrected chi connectivity index (χ4v) is 1.71. The van der Waals surface area contributed by atoms with Crippen LogP contribution >= 0.6 is 0 Å². The van der Waals surface area contributed by atoms with Gasteiger partial charge in [-0.2, -0.15) is 0 Å². The molecule has 0 saturated heterocycles. The number of rotatable bonds is 7. The second-order valence-electron chi connectivity index (χ2n) is 4.36. The van der Waals surface area contributed by atoms with E-state index in [1.807, 2.05) is 13.8 Å². The van der Waals surface area contributed by atoms with Crippen molar-refractivity contribution < 1.29 is 9.72 Å². The molecule has 6 nitrogen and oxygen atoms in total. The van der Waals surface area contributed by atoms with E-state index < -0.39 is 4.92 Å². The number of non-ortho nitro benzene ring substituents is 1. The molecule has 0 saturated carbocycles. The van der Waals surface area contributed by atoms with E-state index in [0.717, 1.165) is 12.1 Å². The molecule has 1 aromatic rings. The number of amides is 1. The molecule has 0 aromatic heterocycles. The molecule has 0 aliphatic heterocycles. The highest BCUT2D eigenvalue weighted by atomic mass is 16.6. The van der Waals surface area contributed by atoms with Gasteiger partial charge in [-0.15, -0.1) is 0 Å².